The molecule has 3 N–H and O–H groups in total. The van der Waals surface area contributed by atoms with Gasteiger partial charge in [-0.25, -0.2) is 4.99 Å². The number of carbonyl (C=O) groups is 1. The van der Waals surface area contributed by atoms with Crippen molar-refractivity contribution in [3.63, 3.8) is 0 Å². The summed E-state index contributed by atoms with van der Waals surface area (Å²) in [6.45, 7) is 1.40. The van der Waals surface area contributed by atoms with Gasteiger partial charge in [0.15, 0.2) is 18.2 Å². The largest absolute Gasteiger partial charge is 0.381 e. The molecule has 1 amide bonds. The van der Waals surface area contributed by atoms with Crippen LogP contribution in [0.3, 0.4) is 0 Å². The maximum absolute atomic E-state index is 13.1. The van der Waals surface area contributed by atoms with Gasteiger partial charge in [0.25, 0.3) is 0 Å². The number of hydrazone groups is 1. The minimum Gasteiger partial charge on any atom is -0.381 e. The number of amides is 1. The molecular formula is C25H41N4O4+. The van der Waals surface area contributed by atoms with E-state index in [1.54, 1.807) is 20.4 Å². The van der Waals surface area contributed by atoms with Crippen molar-refractivity contribution in [2.75, 3.05) is 41.0 Å². The first-order valence-corrected chi connectivity index (χ1v) is 11.9. The molecule has 184 valence electrons. The first-order chi connectivity index (χ1) is 16.1. The zero-order valence-corrected chi connectivity index (χ0v) is 20.4. The Bertz CT molecular complexity index is 757. The molecule has 1 fully saturated rings. The summed E-state index contributed by atoms with van der Waals surface area (Å²) < 4.78 is 16.6. The number of nitrogens with two attached hydrogens (primary N) is 1. The van der Waals surface area contributed by atoms with E-state index in [1.807, 2.05) is 24.1 Å². The van der Waals surface area contributed by atoms with E-state index < -0.39 is 6.29 Å². The number of ether oxygens (including phenoxy) is 3. The molecule has 1 aromatic rings. The van der Waals surface area contributed by atoms with Crippen LogP contribution in [-0.4, -0.2) is 76.1 Å². The zero-order valence-electron chi connectivity index (χ0n) is 20.4. The molecule has 1 saturated carbocycles. The number of hydrogen-bond acceptors (Lipinski definition) is 6. The third-order valence-electron chi connectivity index (χ3n) is 6.10. The summed E-state index contributed by atoms with van der Waals surface area (Å²) in [6.07, 6.45) is 9.36. The molecule has 0 saturated heterocycles. The molecule has 1 aromatic carbocycles. The highest BCUT2D eigenvalue weighted by molar-refractivity contribution is 6.36. The Balaban J connectivity index is 1.85. The van der Waals surface area contributed by atoms with Gasteiger partial charge < -0.3 is 25.0 Å². The van der Waals surface area contributed by atoms with Crippen molar-refractivity contribution in [1.82, 2.24) is 4.90 Å². The van der Waals surface area contributed by atoms with Gasteiger partial charge in [-0.05, 0) is 30.9 Å². The molecule has 1 aliphatic rings. The average molecular weight is 462 g/mol. The molecule has 0 bridgehead atoms. The number of hydrogen-bond donors (Lipinski definition) is 2. The Morgan fingerprint density at radius 2 is 1.94 bits per heavy atom. The lowest BCUT2D eigenvalue weighted by Crippen LogP contribution is -2.64. The van der Waals surface area contributed by atoms with Crippen LogP contribution < -0.4 is 10.8 Å². The molecule has 0 aliphatic heterocycles. The van der Waals surface area contributed by atoms with E-state index in [9.17, 15) is 4.79 Å². The topological polar surface area (TPSA) is 100 Å². The molecule has 33 heavy (non-hydrogen) atoms. The summed E-state index contributed by atoms with van der Waals surface area (Å²) in [6, 6.07) is 8.31. The van der Waals surface area contributed by atoms with Crippen molar-refractivity contribution in [3.8, 4) is 0 Å². The maximum atomic E-state index is 13.1. The molecule has 8 nitrogen and oxygen atoms in total. The fourth-order valence-corrected chi connectivity index (χ4v) is 4.24. The standard InChI is InChI=1S/C25H40N4O4/c1-27-18-23(28-26)21-10-8-9-20(17-21)13-15-33-16-14-24(30)29(19-25(31-2)32-3)22-11-6-4-5-7-12-22/h8-10,17-18,22,25H,4-7,11-16,19,26H2,1-3H3/p+1. The predicted molar refractivity (Wildman–Crippen MR) is 130 cm³/mol. The van der Waals surface area contributed by atoms with E-state index in [1.165, 1.54) is 12.8 Å². The van der Waals surface area contributed by atoms with Crippen LogP contribution in [0.2, 0.25) is 0 Å². The van der Waals surface area contributed by atoms with E-state index in [0.717, 1.165) is 43.2 Å². The molecule has 0 aromatic heterocycles. The van der Waals surface area contributed by atoms with Gasteiger partial charge in [0.1, 0.15) is 7.05 Å². The predicted octanol–water partition coefficient (Wildman–Crippen LogP) is 1.25. The third kappa shape index (κ3) is 9.23. The number of nitrogens with zero attached hydrogens (tertiary/aromatic N) is 2. The van der Waals surface area contributed by atoms with Crippen LogP contribution in [0.4, 0.5) is 0 Å². The molecule has 0 radical (unpaired) electrons. The Morgan fingerprint density at radius 1 is 1.21 bits per heavy atom. The number of methoxy groups -OCH3 is 2. The summed E-state index contributed by atoms with van der Waals surface area (Å²) in [7, 11) is 5.04. The lowest BCUT2D eigenvalue weighted by Gasteiger charge is -2.33. The average Bonchev–Trinajstić information content (AvgIpc) is 3.12. The normalized spacial score (nSPS) is 15.8. The van der Waals surface area contributed by atoms with Gasteiger partial charge in [-0.1, -0.05) is 43.9 Å². The van der Waals surface area contributed by atoms with Crippen molar-refractivity contribution >= 4 is 17.8 Å². The SMILES string of the molecule is C[NH+]=CC(=NN)c1cccc(CCOCCC(=O)N(CC(OC)OC)C2CCCCCC2)c1. The van der Waals surface area contributed by atoms with Crippen molar-refractivity contribution in [2.45, 2.75) is 63.7 Å². The van der Waals surface area contributed by atoms with E-state index in [-0.39, 0.29) is 11.9 Å². The van der Waals surface area contributed by atoms with Gasteiger partial charge in [-0.3, -0.25) is 4.79 Å². The number of rotatable bonds is 13. The van der Waals surface area contributed by atoms with Crippen LogP contribution in [0.15, 0.2) is 29.4 Å². The van der Waals surface area contributed by atoms with Gasteiger partial charge in [-0.2, -0.15) is 5.10 Å². The fourth-order valence-electron chi connectivity index (χ4n) is 4.24. The number of carbonyl (C=O) groups excluding carboxylic acids is 1. The van der Waals surface area contributed by atoms with Crippen LogP contribution in [-0.2, 0) is 25.4 Å². The maximum Gasteiger partial charge on any atom is 0.225 e. The van der Waals surface area contributed by atoms with Gasteiger partial charge in [0.05, 0.1) is 26.2 Å². The van der Waals surface area contributed by atoms with E-state index >= 15 is 0 Å². The van der Waals surface area contributed by atoms with Crippen LogP contribution in [0, 0.1) is 0 Å². The monoisotopic (exact) mass is 461 g/mol. The second-order valence-electron chi connectivity index (χ2n) is 8.35. The lowest BCUT2D eigenvalue weighted by molar-refractivity contribution is -0.412. The van der Waals surface area contributed by atoms with E-state index in [4.69, 9.17) is 20.1 Å². The number of nitrogens with one attached hydrogen (secondary N) is 1. The Hall–Kier alpha value is -2.29. The molecule has 1 aliphatic carbocycles. The van der Waals surface area contributed by atoms with Crippen LogP contribution >= 0.6 is 0 Å². The third-order valence-corrected chi connectivity index (χ3v) is 6.10. The Labute approximate surface area is 198 Å². The van der Waals surface area contributed by atoms with Gasteiger partial charge >= 0.3 is 0 Å². The molecule has 2 rings (SSSR count). The second kappa shape index (κ2) is 15.5. The van der Waals surface area contributed by atoms with Crippen molar-refractivity contribution in [2.24, 2.45) is 10.9 Å². The minimum absolute atomic E-state index is 0.106. The van der Waals surface area contributed by atoms with E-state index in [0.29, 0.717) is 31.9 Å². The fraction of sp³-hybridized carbons (Fsp3) is 0.640. The molecule has 0 spiro atoms. The minimum atomic E-state index is -0.410. The Kier molecular flexibility index (Phi) is 12.7. The van der Waals surface area contributed by atoms with Gasteiger partial charge in [-0.15, -0.1) is 0 Å². The smallest absolute Gasteiger partial charge is 0.225 e. The van der Waals surface area contributed by atoms with Crippen molar-refractivity contribution in [3.05, 3.63) is 35.4 Å². The lowest BCUT2D eigenvalue weighted by atomic mass is 10.1. The molecular weight excluding hydrogens is 420 g/mol. The highest BCUT2D eigenvalue weighted by atomic mass is 16.7. The summed E-state index contributed by atoms with van der Waals surface area (Å²) in [5, 5.41) is 3.82. The summed E-state index contributed by atoms with van der Waals surface area (Å²) >= 11 is 0. The van der Waals surface area contributed by atoms with Crippen molar-refractivity contribution in [1.29, 1.82) is 0 Å². The molecule has 0 heterocycles. The number of benzene rings is 1. The highest BCUT2D eigenvalue weighted by Gasteiger charge is 2.27. The Morgan fingerprint density at radius 3 is 2.58 bits per heavy atom. The van der Waals surface area contributed by atoms with Gasteiger partial charge in [0, 0.05) is 25.8 Å². The quantitative estimate of drug-likeness (QED) is 0.115. The van der Waals surface area contributed by atoms with Crippen molar-refractivity contribution < 1.29 is 24.0 Å². The first-order valence-electron chi connectivity index (χ1n) is 11.9. The molecule has 0 atom stereocenters. The first kappa shape index (κ1) is 27.0. The van der Waals surface area contributed by atoms with E-state index in [2.05, 4.69) is 22.2 Å². The summed E-state index contributed by atoms with van der Waals surface area (Å²) in [5.74, 6) is 5.59. The molecule has 0 unspecified atom stereocenters. The van der Waals surface area contributed by atoms with Crippen LogP contribution in [0.25, 0.3) is 0 Å². The highest BCUT2D eigenvalue weighted by Crippen LogP contribution is 2.23. The second-order valence-corrected chi connectivity index (χ2v) is 8.35. The zero-order chi connectivity index (χ0) is 23.9. The molecule has 8 heteroatoms. The van der Waals surface area contributed by atoms with Crippen LogP contribution in [0.1, 0.15) is 56.1 Å². The van der Waals surface area contributed by atoms with Gasteiger partial charge in [0.2, 0.25) is 5.91 Å². The summed E-state index contributed by atoms with van der Waals surface area (Å²) in [4.78, 5) is 18.0. The summed E-state index contributed by atoms with van der Waals surface area (Å²) in [5.41, 5.74) is 2.77. The van der Waals surface area contributed by atoms with Crippen LogP contribution in [0.5, 0.6) is 0 Å².